The lowest BCUT2D eigenvalue weighted by molar-refractivity contribution is -0.385. The summed E-state index contributed by atoms with van der Waals surface area (Å²) in [6.45, 7) is 0. The Kier molecular flexibility index (Phi) is 3.94. The van der Waals surface area contributed by atoms with Crippen molar-refractivity contribution in [1.29, 1.82) is 0 Å². The molecule has 24 heavy (non-hydrogen) atoms. The Hall–Kier alpha value is -3.68. The fraction of sp³-hybridized carbons (Fsp3) is 0. The van der Waals surface area contributed by atoms with Crippen molar-refractivity contribution < 1.29 is 9.85 Å². The molecule has 0 unspecified atom stereocenters. The summed E-state index contributed by atoms with van der Waals surface area (Å²) in [6, 6.07) is 15.5. The zero-order valence-corrected chi connectivity index (χ0v) is 12.2. The summed E-state index contributed by atoms with van der Waals surface area (Å²) in [4.78, 5) is 20.4. The number of non-ortho nitro benzene ring substituents is 2. The Morgan fingerprint density at radius 1 is 0.583 bits per heavy atom. The molecule has 0 aliphatic heterocycles. The van der Waals surface area contributed by atoms with E-state index >= 15 is 0 Å². The average Bonchev–Trinajstić information content (AvgIpc) is 2.62. The van der Waals surface area contributed by atoms with Gasteiger partial charge in [-0.3, -0.25) is 20.2 Å². The van der Waals surface area contributed by atoms with Crippen molar-refractivity contribution in [3.05, 3.63) is 80.9 Å². The first-order valence-corrected chi connectivity index (χ1v) is 6.88. The highest BCUT2D eigenvalue weighted by Crippen LogP contribution is 2.23. The van der Waals surface area contributed by atoms with E-state index in [1.807, 2.05) is 0 Å². The summed E-state index contributed by atoms with van der Waals surface area (Å²) in [5, 5.41) is 29.5. The van der Waals surface area contributed by atoms with E-state index in [4.69, 9.17) is 0 Å². The molecule has 0 atom stereocenters. The van der Waals surface area contributed by atoms with Crippen molar-refractivity contribution in [2.75, 3.05) is 0 Å². The molecule has 0 saturated heterocycles. The van der Waals surface area contributed by atoms with Crippen LogP contribution in [-0.2, 0) is 0 Å². The van der Waals surface area contributed by atoms with Gasteiger partial charge in [-0.2, -0.15) is 0 Å². The molecule has 1 aromatic heterocycles. The highest BCUT2D eigenvalue weighted by molar-refractivity contribution is 5.65. The third kappa shape index (κ3) is 3.07. The Morgan fingerprint density at radius 2 is 0.917 bits per heavy atom. The molecule has 8 heteroatoms. The molecule has 0 radical (unpaired) electrons. The molecule has 1 heterocycles. The van der Waals surface area contributed by atoms with E-state index in [-0.39, 0.29) is 11.4 Å². The minimum atomic E-state index is -0.465. The van der Waals surface area contributed by atoms with Crippen molar-refractivity contribution >= 4 is 11.4 Å². The third-order valence-electron chi connectivity index (χ3n) is 3.41. The van der Waals surface area contributed by atoms with Crippen LogP contribution in [0.5, 0.6) is 0 Å². The molecule has 0 spiro atoms. The van der Waals surface area contributed by atoms with Crippen LogP contribution >= 0.6 is 0 Å². The van der Waals surface area contributed by atoms with Gasteiger partial charge in [0.2, 0.25) is 0 Å². The fourth-order valence-corrected chi connectivity index (χ4v) is 2.15. The molecule has 3 aromatic rings. The van der Waals surface area contributed by atoms with Gasteiger partial charge in [0.1, 0.15) is 0 Å². The molecule has 0 aliphatic rings. The van der Waals surface area contributed by atoms with Gasteiger partial charge >= 0.3 is 0 Å². The van der Waals surface area contributed by atoms with E-state index in [0.29, 0.717) is 22.5 Å². The number of hydrogen-bond acceptors (Lipinski definition) is 6. The van der Waals surface area contributed by atoms with Gasteiger partial charge in [-0.15, -0.1) is 10.2 Å². The number of nitro groups is 2. The number of nitrogens with zero attached hydrogens (tertiary/aromatic N) is 4. The highest BCUT2D eigenvalue weighted by atomic mass is 16.6. The van der Waals surface area contributed by atoms with E-state index in [1.54, 1.807) is 36.4 Å². The smallest absolute Gasteiger partial charge is 0.258 e. The van der Waals surface area contributed by atoms with Crippen molar-refractivity contribution in [3.63, 3.8) is 0 Å². The van der Waals surface area contributed by atoms with Gasteiger partial charge in [0.25, 0.3) is 11.4 Å². The monoisotopic (exact) mass is 322 g/mol. The Morgan fingerprint density at radius 3 is 1.17 bits per heavy atom. The summed E-state index contributed by atoms with van der Waals surface area (Å²) in [5.41, 5.74) is 2.60. The minimum absolute atomic E-state index is 0.00853. The van der Waals surface area contributed by atoms with Crippen molar-refractivity contribution in [3.8, 4) is 22.5 Å². The maximum absolute atomic E-state index is 10.7. The van der Waals surface area contributed by atoms with Crippen LogP contribution in [0.2, 0.25) is 0 Å². The molecule has 0 aliphatic carbocycles. The van der Waals surface area contributed by atoms with Crippen LogP contribution in [0.1, 0.15) is 0 Å². The van der Waals surface area contributed by atoms with Crippen LogP contribution in [0.4, 0.5) is 11.4 Å². The van der Waals surface area contributed by atoms with E-state index in [2.05, 4.69) is 10.2 Å². The summed E-state index contributed by atoms with van der Waals surface area (Å²) in [6.07, 6.45) is 0. The molecule has 118 valence electrons. The van der Waals surface area contributed by atoms with Crippen molar-refractivity contribution in [2.24, 2.45) is 0 Å². The molecule has 3 rings (SSSR count). The molecule has 0 amide bonds. The second-order valence-corrected chi connectivity index (χ2v) is 4.91. The van der Waals surface area contributed by atoms with Crippen LogP contribution < -0.4 is 0 Å². The maximum Gasteiger partial charge on any atom is 0.269 e. The first-order valence-electron chi connectivity index (χ1n) is 6.88. The molecule has 2 aromatic carbocycles. The number of nitro benzene ring substituents is 2. The van der Waals surface area contributed by atoms with Gasteiger partial charge in [0.15, 0.2) is 0 Å². The van der Waals surface area contributed by atoms with Gasteiger partial charge in [0.05, 0.1) is 21.2 Å². The van der Waals surface area contributed by atoms with Gasteiger partial charge in [-0.25, -0.2) is 0 Å². The number of benzene rings is 2. The van der Waals surface area contributed by atoms with Gasteiger partial charge in [-0.1, -0.05) is 0 Å². The van der Waals surface area contributed by atoms with Gasteiger partial charge in [0, 0.05) is 35.4 Å². The molecule has 0 N–H and O–H groups in total. The Balaban J connectivity index is 1.84. The van der Waals surface area contributed by atoms with E-state index in [9.17, 15) is 20.2 Å². The molecule has 0 saturated carbocycles. The topological polar surface area (TPSA) is 112 Å². The lowest BCUT2D eigenvalue weighted by Gasteiger charge is -2.03. The third-order valence-corrected chi connectivity index (χ3v) is 3.41. The largest absolute Gasteiger partial charge is 0.269 e. The Labute approximate surface area is 135 Å². The molecular weight excluding hydrogens is 312 g/mol. The summed E-state index contributed by atoms with van der Waals surface area (Å²) < 4.78 is 0. The number of rotatable bonds is 4. The van der Waals surface area contributed by atoms with Crippen LogP contribution in [0.3, 0.4) is 0 Å². The quantitative estimate of drug-likeness (QED) is 0.535. The second-order valence-electron chi connectivity index (χ2n) is 4.91. The van der Waals surface area contributed by atoms with Crippen LogP contribution in [0, 0.1) is 20.2 Å². The molecule has 8 nitrogen and oxygen atoms in total. The van der Waals surface area contributed by atoms with E-state index in [0.717, 1.165) is 0 Å². The average molecular weight is 322 g/mol. The SMILES string of the molecule is O=[N+]([O-])c1ccc(-c2ccc(-c3ccc([N+](=O)[O-])cc3)nn2)cc1. The van der Waals surface area contributed by atoms with Crippen LogP contribution in [0.25, 0.3) is 22.5 Å². The summed E-state index contributed by atoms with van der Waals surface area (Å²) in [7, 11) is 0. The first-order chi connectivity index (χ1) is 11.5. The highest BCUT2D eigenvalue weighted by Gasteiger charge is 2.09. The number of aromatic nitrogens is 2. The molecule has 0 bridgehead atoms. The second kappa shape index (κ2) is 6.21. The first kappa shape index (κ1) is 15.2. The zero-order valence-electron chi connectivity index (χ0n) is 12.2. The van der Waals surface area contributed by atoms with Crippen molar-refractivity contribution in [1.82, 2.24) is 10.2 Å². The van der Waals surface area contributed by atoms with Gasteiger partial charge < -0.3 is 0 Å². The van der Waals surface area contributed by atoms with E-state index < -0.39 is 9.85 Å². The minimum Gasteiger partial charge on any atom is -0.258 e. The summed E-state index contributed by atoms with van der Waals surface area (Å²) in [5.74, 6) is 0. The Bertz CT molecular complexity index is 814. The predicted molar refractivity (Wildman–Crippen MR) is 86.2 cm³/mol. The van der Waals surface area contributed by atoms with Crippen LogP contribution in [-0.4, -0.2) is 20.0 Å². The molecular formula is C16H10N4O4. The lowest BCUT2D eigenvalue weighted by atomic mass is 10.1. The van der Waals surface area contributed by atoms with Crippen molar-refractivity contribution in [2.45, 2.75) is 0 Å². The molecule has 0 fully saturated rings. The predicted octanol–water partition coefficient (Wildman–Crippen LogP) is 3.63. The normalized spacial score (nSPS) is 10.3. The van der Waals surface area contributed by atoms with Crippen LogP contribution in [0.15, 0.2) is 60.7 Å². The van der Waals surface area contributed by atoms with Gasteiger partial charge in [-0.05, 0) is 36.4 Å². The fourth-order valence-electron chi connectivity index (χ4n) is 2.15. The van der Waals surface area contributed by atoms with E-state index in [1.165, 1.54) is 24.3 Å². The standard InChI is InChI=1S/C16H10N4O4/c21-19(22)13-5-1-11(2-6-13)15-9-10-16(18-17-15)12-3-7-14(8-4-12)20(23)24/h1-10H. The summed E-state index contributed by atoms with van der Waals surface area (Å²) >= 11 is 0. The maximum atomic E-state index is 10.7. The zero-order chi connectivity index (χ0) is 17.1. The number of hydrogen-bond donors (Lipinski definition) is 0. The lowest BCUT2D eigenvalue weighted by Crippen LogP contribution is -1.92.